The zero-order chi connectivity index (χ0) is 14.8. The van der Waals surface area contributed by atoms with Gasteiger partial charge in [0.1, 0.15) is 5.82 Å². The van der Waals surface area contributed by atoms with Crippen molar-refractivity contribution in [2.24, 2.45) is 0 Å². The Morgan fingerprint density at radius 3 is 2.90 bits per heavy atom. The molecule has 2 aromatic heterocycles. The van der Waals surface area contributed by atoms with Crippen LogP contribution in [0.5, 0.6) is 0 Å². The number of thioether (sulfide) groups is 1. The molecule has 0 bridgehead atoms. The van der Waals surface area contributed by atoms with E-state index in [1.807, 2.05) is 0 Å². The first-order valence-corrected chi connectivity index (χ1v) is 8.81. The largest absolute Gasteiger partial charge is 0.348 e. The van der Waals surface area contributed by atoms with Gasteiger partial charge >= 0.3 is 0 Å². The topological polar surface area (TPSA) is 51.0 Å². The fourth-order valence-electron chi connectivity index (χ4n) is 2.05. The quantitative estimate of drug-likeness (QED) is 0.767. The maximum absolute atomic E-state index is 11.7. The second kappa shape index (κ2) is 6.19. The lowest BCUT2D eigenvalue weighted by molar-refractivity contribution is -0.125. The molecule has 5 nitrogen and oxygen atoms in total. The van der Waals surface area contributed by atoms with Crippen molar-refractivity contribution < 1.29 is 4.79 Å². The van der Waals surface area contributed by atoms with Gasteiger partial charge in [0.2, 0.25) is 5.91 Å². The molecule has 0 unspecified atom stereocenters. The summed E-state index contributed by atoms with van der Waals surface area (Å²) < 4.78 is 2.23. The molecule has 21 heavy (non-hydrogen) atoms. The van der Waals surface area contributed by atoms with Crippen LogP contribution in [0.3, 0.4) is 0 Å². The van der Waals surface area contributed by atoms with E-state index in [0.717, 1.165) is 17.4 Å². The molecule has 0 radical (unpaired) electrons. The first-order chi connectivity index (χ1) is 10.1. The molecule has 2 aromatic rings. The third kappa shape index (κ3) is 3.47. The molecule has 2 heterocycles. The van der Waals surface area contributed by atoms with E-state index in [4.69, 9.17) is 0 Å². The highest BCUT2D eigenvalue weighted by atomic mass is 32.2. The minimum atomic E-state index is 0.102. The lowest BCUT2D eigenvalue weighted by atomic mass is 10.3. The van der Waals surface area contributed by atoms with Crippen LogP contribution in [0.15, 0.2) is 22.7 Å². The van der Waals surface area contributed by atoms with Crippen LogP contribution in [0.2, 0.25) is 0 Å². The predicted molar refractivity (Wildman–Crippen MR) is 84.8 cm³/mol. The Bertz CT molecular complexity index is 617. The zero-order valence-electron chi connectivity index (χ0n) is 12.2. The summed E-state index contributed by atoms with van der Waals surface area (Å²) in [6.07, 6.45) is 3.19. The highest BCUT2D eigenvalue weighted by Gasteiger charge is 2.30. The van der Waals surface area contributed by atoms with Crippen molar-refractivity contribution in [3.05, 3.63) is 28.2 Å². The Kier molecular flexibility index (Phi) is 4.30. The third-order valence-corrected chi connectivity index (χ3v) is 5.19. The van der Waals surface area contributed by atoms with Gasteiger partial charge in [0.15, 0.2) is 5.16 Å². The molecule has 1 aliphatic rings. The van der Waals surface area contributed by atoms with Crippen molar-refractivity contribution >= 4 is 29.0 Å². The smallest absolute Gasteiger partial charge is 0.232 e. The van der Waals surface area contributed by atoms with Crippen LogP contribution < -0.4 is 0 Å². The van der Waals surface area contributed by atoms with Gasteiger partial charge in [-0.3, -0.25) is 4.79 Å². The van der Waals surface area contributed by atoms with E-state index in [9.17, 15) is 4.79 Å². The molecule has 112 valence electrons. The number of aromatic nitrogens is 3. The van der Waals surface area contributed by atoms with E-state index >= 15 is 0 Å². The molecule has 0 aliphatic heterocycles. The van der Waals surface area contributed by atoms with Gasteiger partial charge in [0.25, 0.3) is 0 Å². The molecule has 7 heteroatoms. The number of hydrogen-bond donors (Lipinski definition) is 0. The molecular formula is C14H18N4OS2. The molecular weight excluding hydrogens is 304 g/mol. The zero-order valence-corrected chi connectivity index (χ0v) is 13.8. The number of thiophene rings is 1. The van der Waals surface area contributed by atoms with E-state index in [0.29, 0.717) is 11.8 Å². The molecule has 1 saturated carbocycles. The van der Waals surface area contributed by atoms with Crippen LogP contribution in [-0.2, 0) is 11.2 Å². The molecule has 0 spiro atoms. The second-order valence-electron chi connectivity index (χ2n) is 5.33. The number of carbonyl (C=O) groups excluding carboxylic acids is 1. The van der Waals surface area contributed by atoms with Gasteiger partial charge in [-0.05, 0) is 24.3 Å². The normalized spacial score (nSPS) is 14.4. The van der Waals surface area contributed by atoms with Gasteiger partial charge in [0.05, 0.1) is 5.75 Å². The lowest BCUT2D eigenvalue weighted by Gasteiger charge is -2.11. The monoisotopic (exact) mass is 322 g/mol. The summed E-state index contributed by atoms with van der Waals surface area (Å²) in [4.78, 5) is 14.6. The van der Waals surface area contributed by atoms with Crippen LogP contribution in [-0.4, -0.2) is 45.4 Å². The summed E-state index contributed by atoms with van der Waals surface area (Å²) >= 11 is 3.23. The van der Waals surface area contributed by atoms with Gasteiger partial charge in [-0.25, -0.2) is 0 Å². The van der Waals surface area contributed by atoms with Crippen LogP contribution in [0.25, 0.3) is 0 Å². The summed E-state index contributed by atoms with van der Waals surface area (Å²) in [7, 11) is 3.55. The lowest BCUT2D eigenvalue weighted by Crippen LogP contribution is -2.23. The molecule has 1 amide bonds. The Balaban J connectivity index is 1.75. The van der Waals surface area contributed by atoms with Gasteiger partial charge in [-0.2, -0.15) is 0 Å². The summed E-state index contributed by atoms with van der Waals surface area (Å²) in [5.74, 6) is 1.53. The van der Waals surface area contributed by atoms with Crippen LogP contribution in [0.1, 0.15) is 29.6 Å². The van der Waals surface area contributed by atoms with Crippen molar-refractivity contribution in [2.45, 2.75) is 30.5 Å². The van der Waals surface area contributed by atoms with Crippen molar-refractivity contribution in [1.29, 1.82) is 0 Å². The average molecular weight is 322 g/mol. The average Bonchev–Trinajstić information content (AvgIpc) is 3.01. The van der Waals surface area contributed by atoms with E-state index in [2.05, 4.69) is 32.3 Å². The standard InChI is InChI=1S/C14H18N4OS2/c1-17(2)13(19)9-21-14-16-15-12(18(14)10-5-6-10)8-11-4-3-7-20-11/h3-4,7,10H,5-6,8-9H2,1-2H3. The van der Waals surface area contributed by atoms with Crippen molar-refractivity contribution in [3.63, 3.8) is 0 Å². The van der Waals surface area contributed by atoms with Gasteiger partial charge in [-0.15, -0.1) is 21.5 Å². The third-order valence-electron chi connectivity index (χ3n) is 3.38. The fraction of sp³-hybridized carbons (Fsp3) is 0.500. The molecule has 0 aromatic carbocycles. The van der Waals surface area contributed by atoms with E-state index in [1.165, 1.54) is 29.5 Å². The predicted octanol–water partition coefficient (Wildman–Crippen LogP) is 2.45. The molecule has 0 N–H and O–H groups in total. The van der Waals surface area contributed by atoms with Crippen LogP contribution in [0.4, 0.5) is 0 Å². The minimum absolute atomic E-state index is 0.102. The molecule has 3 rings (SSSR count). The van der Waals surface area contributed by atoms with E-state index in [-0.39, 0.29) is 5.91 Å². The van der Waals surface area contributed by atoms with Crippen molar-refractivity contribution in [1.82, 2.24) is 19.7 Å². The Hall–Kier alpha value is -1.34. The van der Waals surface area contributed by atoms with Gasteiger partial charge < -0.3 is 9.47 Å². The van der Waals surface area contributed by atoms with E-state index in [1.54, 1.807) is 30.3 Å². The van der Waals surface area contributed by atoms with E-state index < -0.39 is 0 Å². The molecule has 0 atom stereocenters. The molecule has 1 aliphatic carbocycles. The number of nitrogens with zero attached hydrogens (tertiary/aromatic N) is 4. The number of carbonyl (C=O) groups is 1. The van der Waals surface area contributed by atoms with Crippen LogP contribution >= 0.6 is 23.1 Å². The summed E-state index contributed by atoms with van der Waals surface area (Å²) in [6.45, 7) is 0. The SMILES string of the molecule is CN(C)C(=O)CSc1nnc(Cc2cccs2)n1C1CC1. The highest BCUT2D eigenvalue weighted by Crippen LogP contribution is 2.39. The Labute approximate surface area is 132 Å². The number of rotatable bonds is 6. The number of amides is 1. The van der Waals surface area contributed by atoms with Crippen molar-refractivity contribution in [2.75, 3.05) is 19.8 Å². The Morgan fingerprint density at radius 1 is 1.48 bits per heavy atom. The summed E-state index contributed by atoms with van der Waals surface area (Å²) in [5, 5.41) is 11.6. The second-order valence-corrected chi connectivity index (χ2v) is 7.31. The molecule has 0 saturated heterocycles. The maximum atomic E-state index is 11.7. The van der Waals surface area contributed by atoms with Gasteiger partial charge in [-0.1, -0.05) is 17.8 Å². The molecule has 1 fully saturated rings. The number of hydrogen-bond acceptors (Lipinski definition) is 5. The first-order valence-electron chi connectivity index (χ1n) is 6.94. The van der Waals surface area contributed by atoms with Crippen LogP contribution in [0, 0.1) is 0 Å². The Morgan fingerprint density at radius 2 is 2.29 bits per heavy atom. The summed E-state index contributed by atoms with van der Waals surface area (Å²) in [6, 6.07) is 4.70. The highest BCUT2D eigenvalue weighted by molar-refractivity contribution is 7.99. The maximum Gasteiger partial charge on any atom is 0.232 e. The summed E-state index contributed by atoms with van der Waals surface area (Å²) in [5.41, 5.74) is 0. The first kappa shape index (κ1) is 14.6. The fourth-order valence-corrected chi connectivity index (χ4v) is 3.75. The minimum Gasteiger partial charge on any atom is -0.348 e. The van der Waals surface area contributed by atoms with Gasteiger partial charge in [0, 0.05) is 31.4 Å². The van der Waals surface area contributed by atoms with Crippen molar-refractivity contribution in [3.8, 4) is 0 Å².